The molecule has 0 spiro atoms. The first-order chi connectivity index (χ1) is 7.31. The lowest BCUT2D eigenvalue weighted by molar-refractivity contribution is 0.0764. The van der Waals surface area contributed by atoms with Crippen molar-refractivity contribution in [2.45, 2.75) is 12.8 Å². The summed E-state index contributed by atoms with van der Waals surface area (Å²) in [5, 5.41) is 5.41. The van der Waals surface area contributed by atoms with Crippen LogP contribution in [0.3, 0.4) is 0 Å². The molecule has 0 aliphatic heterocycles. The number of hydrogen-bond acceptors (Lipinski definition) is 4. The van der Waals surface area contributed by atoms with Gasteiger partial charge in [-0.2, -0.15) is 0 Å². The molecular weight excluding hydrogens is 210 g/mol. The number of aromatic nitrogens is 2. The van der Waals surface area contributed by atoms with E-state index in [9.17, 15) is 4.79 Å². The molecule has 2 rings (SSSR count). The van der Waals surface area contributed by atoms with Gasteiger partial charge in [0.2, 0.25) is 0 Å². The molecule has 1 heterocycles. The molecule has 78 valence electrons. The van der Waals surface area contributed by atoms with E-state index < -0.39 is 0 Å². The van der Waals surface area contributed by atoms with Crippen LogP contribution in [0.5, 0.6) is 0 Å². The fourth-order valence-electron chi connectivity index (χ4n) is 1.36. The summed E-state index contributed by atoms with van der Waals surface area (Å²) in [6.45, 7) is 1.10. The highest BCUT2D eigenvalue weighted by Gasteiger charge is 2.27. The van der Waals surface area contributed by atoms with Crippen LogP contribution in [-0.4, -0.2) is 33.5 Å². The van der Waals surface area contributed by atoms with Crippen LogP contribution in [0.15, 0.2) is 5.38 Å². The standard InChI is InChI=1S/C10H11N3OS/c1-2-5-13(6-8-3-4-8)10(14)9-7-15-12-11-9/h1,7-8H,3-6H2. The number of terminal acetylenes is 1. The molecule has 0 atom stereocenters. The molecule has 15 heavy (non-hydrogen) atoms. The van der Waals surface area contributed by atoms with Crippen molar-refractivity contribution in [2.24, 2.45) is 5.92 Å². The summed E-state index contributed by atoms with van der Waals surface area (Å²) in [6, 6.07) is 0. The molecule has 0 saturated heterocycles. The van der Waals surface area contributed by atoms with E-state index >= 15 is 0 Å². The van der Waals surface area contributed by atoms with E-state index in [2.05, 4.69) is 15.5 Å². The molecule has 5 heteroatoms. The third-order valence-electron chi connectivity index (χ3n) is 2.32. The lowest BCUT2D eigenvalue weighted by Gasteiger charge is -2.18. The maximum absolute atomic E-state index is 11.9. The van der Waals surface area contributed by atoms with E-state index in [4.69, 9.17) is 6.42 Å². The minimum absolute atomic E-state index is 0.103. The lowest BCUT2D eigenvalue weighted by atomic mass is 10.3. The summed E-state index contributed by atoms with van der Waals surface area (Å²) in [7, 11) is 0. The van der Waals surface area contributed by atoms with Gasteiger partial charge in [0.05, 0.1) is 6.54 Å². The summed E-state index contributed by atoms with van der Waals surface area (Å²) in [5.41, 5.74) is 0.399. The van der Waals surface area contributed by atoms with Gasteiger partial charge >= 0.3 is 0 Å². The van der Waals surface area contributed by atoms with Gasteiger partial charge in [-0.05, 0) is 30.3 Å². The van der Waals surface area contributed by atoms with Crippen molar-refractivity contribution in [3.8, 4) is 12.3 Å². The fourth-order valence-corrected chi connectivity index (χ4v) is 1.79. The minimum Gasteiger partial charge on any atom is -0.326 e. The molecule has 0 unspecified atom stereocenters. The van der Waals surface area contributed by atoms with Crippen molar-refractivity contribution in [2.75, 3.05) is 13.1 Å². The van der Waals surface area contributed by atoms with Crippen molar-refractivity contribution in [1.29, 1.82) is 0 Å². The van der Waals surface area contributed by atoms with E-state index in [1.165, 1.54) is 24.4 Å². The maximum atomic E-state index is 11.9. The molecule has 0 radical (unpaired) electrons. The van der Waals surface area contributed by atoms with Gasteiger partial charge in [0.1, 0.15) is 0 Å². The lowest BCUT2D eigenvalue weighted by Crippen LogP contribution is -2.33. The summed E-state index contributed by atoms with van der Waals surface area (Å²) in [6.07, 6.45) is 7.64. The molecular formula is C10H11N3OS. The average molecular weight is 221 g/mol. The van der Waals surface area contributed by atoms with Crippen LogP contribution in [-0.2, 0) is 0 Å². The molecule has 1 aromatic heterocycles. The Balaban J connectivity index is 2.03. The molecule has 1 fully saturated rings. The van der Waals surface area contributed by atoms with E-state index in [0.717, 1.165) is 6.54 Å². The van der Waals surface area contributed by atoms with Gasteiger partial charge in [-0.25, -0.2) is 0 Å². The summed E-state index contributed by atoms with van der Waals surface area (Å²) in [4.78, 5) is 13.6. The first kappa shape index (κ1) is 10.1. The first-order valence-electron chi connectivity index (χ1n) is 4.81. The molecule has 1 aliphatic rings. The van der Waals surface area contributed by atoms with Gasteiger partial charge in [0.15, 0.2) is 5.69 Å². The Morgan fingerprint density at radius 2 is 2.53 bits per heavy atom. The zero-order valence-electron chi connectivity index (χ0n) is 8.22. The topological polar surface area (TPSA) is 46.1 Å². The van der Waals surface area contributed by atoms with E-state index in [0.29, 0.717) is 18.2 Å². The molecule has 4 nitrogen and oxygen atoms in total. The van der Waals surface area contributed by atoms with Crippen LogP contribution < -0.4 is 0 Å². The van der Waals surface area contributed by atoms with Crippen LogP contribution in [0.1, 0.15) is 23.3 Å². The van der Waals surface area contributed by atoms with Gasteiger partial charge in [-0.15, -0.1) is 11.5 Å². The minimum atomic E-state index is -0.103. The fraction of sp³-hybridized carbons (Fsp3) is 0.500. The van der Waals surface area contributed by atoms with Gasteiger partial charge in [0.25, 0.3) is 5.91 Å². The number of hydrogen-bond donors (Lipinski definition) is 0. The average Bonchev–Trinajstić information content (AvgIpc) is 2.88. The quantitative estimate of drug-likeness (QED) is 0.713. The first-order valence-corrected chi connectivity index (χ1v) is 5.64. The van der Waals surface area contributed by atoms with Crippen LogP contribution in [0.25, 0.3) is 0 Å². The van der Waals surface area contributed by atoms with Crippen LogP contribution in [0, 0.1) is 18.3 Å². The molecule has 1 aliphatic carbocycles. The van der Waals surface area contributed by atoms with Crippen molar-refractivity contribution in [3.05, 3.63) is 11.1 Å². The third-order valence-corrected chi connectivity index (χ3v) is 2.83. The zero-order valence-corrected chi connectivity index (χ0v) is 9.04. The largest absolute Gasteiger partial charge is 0.326 e. The van der Waals surface area contributed by atoms with Crippen LogP contribution in [0.2, 0.25) is 0 Å². The second-order valence-corrected chi connectivity index (χ2v) is 4.23. The number of carbonyl (C=O) groups is 1. The highest BCUT2D eigenvalue weighted by molar-refractivity contribution is 7.03. The molecule has 0 bridgehead atoms. The summed E-state index contributed by atoms with van der Waals surface area (Å²) in [5.74, 6) is 3.03. The molecule has 1 saturated carbocycles. The number of amides is 1. The predicted molar refractivity (Wildman–Crippen MR) is 57.4 cm³/mol. The maximum Gasteiger partial charge on any atom is 0.276 e. The Morgan fingerprint density at radius 3 is 3.07 bits per heavy atom. The Labute approximate surface area is 92.5 Å². The van der Waals surface area contributed by atoms with E-state index in [-0.39, 0.29) is 5.91 Å². The Hall–Kier alpha value is -1.41. The molecule has 1 amide bonds. The number of rotatable bonds is 4. The van der Waals surface area contributed by atoms with Gasteiger partial charge in [-0.1, -0.05) is 10.4 Å². The highest BCUT2D eigenvalue weighted by Crippen LogP contribution is 2.29. The second kappa shape index (κ2) is 4.41. The Bertz CT molecular complexity index is 378. The number of carbonyl (C=O) groups excluding carboxylic acids is 1. The molecule has 0 N–H and O–H groups in total. The second-order valence-electron chi connectivity index (χ2n) is 3.62. The van der Waals surface area contributed by atoms with Crippen molar-refractivity contribution in [3.63, 3.8) is 0 Å². The van der Waals surface area contributed by atoms with Crippen LogP contribution in [0.4, 0.5) is 0 Å². The van der Waals surface area contributed by atoms with Gasteiger partial charge in [-0.3, -0.25) is 4.79 Å². The predicted octanol–water partition coefficient (Wildman–Crippen LogP) is 1.02. The van der Waals surface area contributed by atoms with E-state index in [1.807, 2.05) is 0 Å². The van der Waals surface area contributed by atoms with Gasteiger partial charge < -0.3 is 4.90 Å². The highest BCUT2D eigenvalue weighted by atomic mass is 32.1. The van der Waals surface area contributed by atoms with Gasteiger partial charge in [0, 0.05) is 11.9 Å². The monoisotopic (exact) mass is 221 g/mol. The van der Waals surface area contributed by atoms with E-state index in [1.54, 1.807) is 10.3 Å². The summed E-state index contributed by atoms with van der Waals surface area (Å²) < 4.78 is 3.67. The molecule has 1 aromatic rings. The molecule has 0 aromatic carbocycles. The SMILES string of the molecule is C#CCN(CC1CC1)C(=O)c1csnn1. The van der Waals surface area contributed by atoms with Crippen molar-refractivity contribution >= 4 is 17.4 Å². The van der Waals surface area contributed by atoms with Crippen molar-refractivity contribution in [1.82, 2.24) is 14.5 Å². The summed E-state index contributed by atoms with van der Waals surface area (Å²) >= 11 is 1.18. The normalized spacial score (nSPS) is 14.6. The zero-order chi connectivity index (χ0) is 10.7. The smallest absolute Gasteiger partial charge is 0.276 e. The van der Waals surface area contributed by atoms with Crippen LogP contribution >= 0.6 is 11.5 Å². The van der Waals surface area contributed by atoms with Crippen molar-refractivity contribution < 1.29 is 4.79 Å². The Morgan fingerprint density at radius 1 is 1.73 bits per heavy atom. The third kappa shape index (κ3) is 2.54. The number of nitrogens with zero attached hydrogens (tertiary/aromatic N) is 3. The Kier molecular flexibility index (Phi) is 2.97.